The van der Waals surface area contributed by atoms with E-state index in [0.29, 0.717) is 30.1 Å². The highest BCUT2D eigenvalue weighted by molar-refractivity contribution is 6.30. The fourth-order valence-electron chi connectivity index (χ4n) is 3.81. The van der Waals surface area contributed by atoms with E-state index >= 15 is 0 Å². The van der Waals surface area contributed by atoms with Gasteiger partial charge in [0.25, 0.3) is 5.56 Å². The van der Waals surface area contributed by atoms with Gasteiger partial charge in [-0.25, -0.2) is 4.79 Å². The SMILES string of the molecule is Cn1c(Nc2ccc3c(c2)CCC(=O)N3Cc2ccc(Cl)cc2)c(C#N)c(=O)n(C)c1=O. The van der Waals surface area contributed by atoms with Gasteiger partial charge in [0.2, 0.25) is 5.91 Å². The van der Waals surface area contributed by atoms with Crippen LogP contribution in [0.3, 0.4) is 0 Å². The topological polar surface area (TPSA) is 100 Å². The zero-order valence-corrected chi connectivity index (χ0v) is 18.3. The highest BCUT2D eigenvalue weighted by atomic mass is 35.5. The minimum Gasteiger partial charge on any atom is -0.340 e. The number of anilines is 3. The Bertz CT molecular complexity index is 1380. The summed E-state index contributed by atoms with van der Waals surface area (Å²) in [5.74, 6) is 0.166. The molecule has 32 heavy (non-hydrogen) atoms. The molecular formula is C23H20ClN5O3. The lowest BCUT2D eigenvalue weighted by Crippen LogP contribution is -2.39. The van der Waals surface area contributed by atoms with Crippen LogP contribution in [0.5, 0.6) is 0 Å². The maximum absolute atomic E-state index is 12.6. The van der Waals surface area contributed by atoms with Crippen LogP contribution in [-0.2, 0) is 31.9 Å². The van der Waals surface area contributed by atoms with Crippen molar-refractivity contribution in [2.24, 2.45) is 14.1 Å². The highest BCUT2D eigenvalue weighted by Crippen LogP contribution is 2.32. The second-order valence-corrected chi connectivity index (χ2v) is 8.05. The number of aryl methyl sites for hydroxylation is 1. The van der Waals surface area contributed by atoms with E-state index in [0.717, 1.165) is 21.4 Å². The van der Waals surface area contributed by atoms with Gasteiger partial charge in [-0.3, -0.25) is 18.7 Å². The molecule has 3 aromatic rings. The molecule has 0 radical (unpaired) electrons. The molecule has 0 unspecified atom stereocenters. The molecule has 9 heteroatoms. The first-order valence-electron chi connectivity index (χ1n) is 9.95. The third-order valence-corrected chi connectivity index (χ3v) is 5.82. The Morgan fingerprint density at radius 1 is 1.03 bits per heavy atom. The van der Waals surface area contributed by atoms with E-state index < -0.39 is 11.2 Å². The van der Waals surface area contributed by atoms with Crippen molar-refractivity contribution in [2.45, 2.75) is 19.4 Å². The minimum atomic E-state index is -0.657. The fraction of sp³-hybridized carbons (Fsp3) is 0.217. The Morgan fingerprint density at radius 2 is 1.75 bits per heavy atom. The van der Waals surface area contributed by atoms with Crippen LogP contribution in [0.1, 0.15) is 23.1 Å². The van der Waals surface area contributed by atoms with Crippen molar-refractivity contribution in [2.75, 3.05) is 10.2 Å². The highest BCUT2D eigenvalue weighted by Gasteiger charge is 2.25. The number of nitrogens with zero attached hydrogens (tertiary/aromatic N) is 4. The minimum absolute atomic E-state index is 0.0360. The van der Waals surface area contributed by atoms with Crippen LogP contribution in [0.2, 0.25) is 5.02 Å². The van der Waals surface area contributed by atoms with Crippen LogP contribution in [-0.4, -0.2) is 15.0 Å². The number of aromatic nitrogens is 2. The van der Waals surface area contributed by atoms with Crippen LogP contribution in [0.4, 0.5) is 17.2 Å². The molecule has 0 atom stereocenters. The number of carbonyl (C=O) groups excluding carboxylic acids is 1. The van der Waals surface area contributed by atoms with Crippen molar-refractivity contribution in [1.82, 2.24) is 9.13 Å². The summed E-state index contributed by atoms with van der Waals surface area (Å²) >= 11 is 5.96. The molecule has 0 fully saturated rings. The van der Waals surface area contributed by atoms with Crippen molar-refractivity contribution in [3.05, 3.63) is 85.0 Å². The van der Waals surface area contributed by atoms with Crippen molar-refractivity contribution in [3.63, 3.8) is 0 Å². The quantitative estimate of drug-likeness (QED) is 0.660. The number of nitrogens with one attached hydrogen (secondary N) is 1. The summed E-state index contributed by atoms with van der Waals surface area (Å²) in [7, 11) is 2.83. The summed E-state index contributed by atoms with van der Waals surface area (Å²) in [6.07, 6.45) is 0.944. The molecule has 0 saturated heterocycles. The second kappa shape index (κ2) is 8.36. The fourth-order valence-corrected chi connectivity index (χ4v) is 3.94. The molecule has 162 valence electrons. The molecular weight excluding hydrogens is 430 g/mol. The van der Waals surface area contributed by atoms with Gasteiger partial charge in [-0.2, -0.15) is 5.26 Å². The normalized spacial score (nSPS) is 12.9. The molecule has 1 aliphatic rings. The standard InChI is InChI=1S/C23H20ClN5O3/c1-27-21(18(12-25)22(31)28(2)23(27)32)26-17-8-9-19-15(11-17)5-10-20(30)29(19)13-14-3-6-16(24)7-4-14/h3-4,6-9,11,26H,5,10,13H2,1-2H3. The molecule has 0 saturated carbocycles. The van der Waals surface area contributed by atoms with Crippen molar-refractivity contribution in [1.29, 1.82) is 5.26 Å². The van der Waals surface area contributed by atoms with Gasteiger partial charge in [0, 0.05) is 36.9 Å². The lowest BCUT2D eigenvalue weighted by atomic mass is 9.99. The second-order valence-electron chi connectivity index (χ2n) is 7.62. The predicted molar refractivity (Wildman–Crippen MR) is 122 cm³/mol. The summed E-state index contributed by atoms with van der Waals surface area (Å²) in [4.78, 5) is 39.0. The van der Waals surface area contributed by atoms with Gasteiger partial charge in [0.05, 0.1) is 6.54 Å². The van der Waals surface area contributed by atoms with Crippen LogP contribution in [0.15, 0.2) is 52.1 Å². The van der Waals surface area contributed by atoms with E-state index in [1.54, 1.807) is 23.1 Å². The monoisotopic (exact) mass is 449 g/mol. The van der Waals surface area contributed by atoms with Crippen LogP contribution < -0.4 is 21.5 Å². The van der Waals surface area contributed by atoms with E-state index in [2.05, 4.69) is 5.32 Å². The zero-order chi connectivity index (χ0) is 23.0. The Hall–Kier alpha value is -3.83. The van der Waals surface area contributed by atoms with Gasteiger partial charge < -0.3 is 10.2 Å². The van der Waals surface area contributed by atoms with Gasteiger partial charge in [0.15, 0.2) is 5.56 Å². The number of halogens is 1. The average molecular weight is 450 g/mol. The van der Waals surface area contributed by atoms with Crippen molar-refractivity contribution in [3.8, 4) is 6.07 Å². The zero-order valence-electron chi connectivity index (χ0n) is 17.6. The number of carbonyl (C=O) groups is 1. The van der Waals surface area contributed by atoms with Crippen molar-refractivity contribution < 1.29 is 4.79 Å². The lowest BCUT2D eigenvalue weighted by molar-refractivity contribution is -0.119. The first kappa shape index (κ1) is 21.4. The first-order chi connectivity index (χ1) is 15.3. The molecule has 1 aromatic heterocycles. The van der Waals surface area contributed by atoms with Crippen molar-refractivity contribution >= 4 is 34.7 Å². The number of hydrogen-bond acceptors (Lipinski definition) is 5. The maximum Gasteiger partial charge on any atom is 0.332 e. The predicted octanol–water partition coefficient (Wildman–Crippen LogP) is 2.83. The van der Waals surface area contributed by atoms with Gasteiger partial charge in [-0.05, 0) is 47.9 Å². The molecule has 2 aromatic carbocycles. The number of rotatable bonds is 4. The molecule has 1 aliphatic heterocycles. The van der Waals surface area contributed by atoms with E-state index in [9.17, 15) is 19.6 Å². The Balaban J connectivity index is 1.69. The molecule has 2 heterocycles. The summed E-state index contributed by atoms with van der Waals surface area (Å²) in [5.41, 5.74) is 2.00. The van der Waals surface area contributed by atoms with Crippen LogP contribution in [0, 0.1) is 11.3 Å². The van der Waals surface area contributed by atoms with Gasteiger partial charge in [-0.15, -0.1) is 0 Å². The lowest BCUT2D eigenvalue weighted by Gasteiger charge is -2.30. The number of amides is 1. The molecule has 4 rings (SSSR count). The van der Waals surface area contributed by atoms with E-state index in [-0.39, 0.29) is 17.3 Å². The number of fused-ring (bicyclic) bond motifs is 1. The van der Waals surface area contributed by atoms with Crippen LogP contribution >= 0.6 is 11.6 Å². The van der Waals surface area contributed by atoms with Crippen LogP contribution in [0.25, 0.3) is 0 Å². The Morgan fingerprint density at radius 3 is 2.44 bits per heavy atom. The summed E-state index contributed by atoms with van der Waals surface area (Å²) in [5, 5.41) is 13.1. The molecule has 0 bridgehead atoms. The largest absolute Gasteiger partial charge is 0.340 e. The Labute approximate surface area is 188 Å². The molecule has 0 aliphatic carbocycles. The van der Waals surface area contributed by atoms with Gasteiger partial charge in [0.1, 0.15) is 11.9 Å². The molecule has 1 amide bonds. The van der Waals surface area contributed by atoms with Gasteiger partial charge >= 0.3 is 5.69 Å². The Kier molecular flexibility index (Phi) is 5.59. The van der Waals surface area contributed by atoms with E-state index in [1.165, 1.54) is 18.7 Å². The number of nitriles is 1. The number of benzene rings is 2. The summed E-state index contributed by atoms with van der Waals surface area (Å²) < 4.78 is 2.13. The number of hydrogen-bond donors (Lipinski definition) is 1. The smallest absolute Gasteiger partial charge is 0.332 e. The molecule has 0 spiro atoms. The molecule has 1 N–H and O–H groups in total. The third kappa shape index (κ3) is 3.79. The first-order valence-corrected chi connectivity index (χ1v) is 10.3. The summed E-state index contributed by atoms with van der Waals surface area (Å²) in [6, 6.07) is 14.7. The summed E-state index contributed by atoms with van der Waals surface area (Å²) in [6.45, 7) is 0.428. The molecule has 8 nitrogen and oxygen atoms in total. The maximum atomic E-state index is 12.6. The average Bonchev–Trinajstić information content (AvgIpc) is 2.79. The third-order valence-electron chi connectivity index (χ3n) is 5.57. The van der Waals surface area contributed by atoms with Gasteiger partial charge in [-0.1, -0.05) is 23.7 Å². The van der Waals surface area contributed by atoms with E-state index in [1.807, 2.05) is 30.3 Å². The van der Waals surface area contributed by atoms with E-state index in [4.69, 9.17) is 11.6 Å².